The maximum Gasteiger partial charge on any atom is 0.417 e. The molecule has 180 valence electrons. The largest absolute Gasteiger partial charge is 0.442 e. The Morgan fingerprint density at radius 2 is 1.86 bits per heavy atom. The number of alkyl halides is 3. The van der Waals surface area contributed by atoms with Crippen molar-refractivity contribution in [2.75, 3.05) is 5.32 Å². The maximum absolute atomic E-state index is 13.2. The van der Waals surface area contributed by atoms with Crippen molar-refractivity contribution in [2.45, 2.75) is 19.2 Å². The Morgan fingerprint density at radius 3 is 2.54 bits per heavy atom. The van der Waals surface area contributed by atoms with Crippen molar-refractivity contribution in [1.82, 2.24) is 14.6 Å². The molecule has 1 atom stereocenters. The van der Waals surface area contributed by atoms with E-state index in [1.807, 2.05) is 0 Å². The van der Waals surface area contributed by atoms with Crippen LogP contribution in [0.3, 0.4) is 0 Å². The van der Waals surface area contributed by atoms with Gasteiger partial charge in [0.1, 0.15) is 5.52 Å². The molecule has 12 heteroatoms. The van der Waals surface area contributed by atoms with Gasteiger partial charge in [-0.15, -0.1) is 0 Å². The number of aromatic nitrogens is 3. The second-order valence-corrected chi connectivity index (χ2v) is 7.91. The molecule has 0 aliphatic carbocycles. The summed E-state index contributed by atoms with van der Waals surface area (Å²) in [6, 6.07) is 12.0. The van der Waals surface area contributed by atoms with Crippen LogP contribution in [0.5, 0.6) is 0 Å². The highest BCUT2D eigenvalue weighted by Gasteiger charge is 2.34. The zero-order valence-corrected chi connectivity index (χ0v) is 18.6. The summed E-state index contributed by atoms with van der Waals surface area (Å²) >= 11 is 5.63. The summed E-state index contributed by atoms with van der Waals surface area (Å²) in [5.41, 5.74) is -1.18. The molecule has 4 aromatic rings. The number of aryl methyl sites for hydroxylation is 1. The number of anilines is 1. The van der Waals surface area contributed by atoms with Crippen molar-refractivity contribution in [3.63, 3.8) is 0 Å². The predicted molar refractivity (Wildman–Crippen MR) is 120 cm³/mol. The number of fused-ring (bicyclic) bond motifs is 1. The van der Waals surface area contributed by atoms with Gasteiger partial charge in [0.2, 0.25) is 6.10 Å². The molecule has 0 saturated carbocycles. The van der Waals surface area contributed by atoms with Crippen LogP contribution in [0.1, 0.15) is 33.4 Å². The van der Waals surface area contributed by atoms with E-state index in [0.29, 0.717) is 11.8 Å². The topological polar surface area (TPSA) is 106 Å². The molecular weight excluding hydrogens is 489 g/mol. The summed E-state index contributed by atoms with van der Waals surface area (Å²) in [6.45, 7) is 1.64. The molecule has 1 unspecified atom stereocenters. The highest BCUT2D eigenvalue weighted by atomic mass is 35.5. The van der Waals surface area contributed by atoms with E-state index in [-0.39, 0.29) is 22.5 Å². The van der Waals surface area contributed by atoms with Crippen LogP contribution in [0, 0.1) is 6.92 Å². The van der Waals surface area contributed by atoms with E-state index < -0.39 is 40.3 Å². The lowest BCUT2D eigenvalue weighted by molar-refractivity contribution is -0.137. The van der Waals surface area contributed by atoms with Crippen molar-refractivity contribution in [3.05, 3.63) is 98.7 Å². The Morgan fingerprint density at radius 1 is 1.14 bits per heavy atom. The molecule has 4 rings (SSSR count). The fraction of sp³-hybridized carbons (Fsp3) is 0.130. The molecule has 0 fully saturated rings. The number of aromatic amines is 1. The monoisotopic (exact) mass is 504 g/mol. The third kappa shape index (κ3) is 5.19. The Balaban J connectivity index is 1.63. The number of ether oxygens (including phenoxy) is 1. The zero-order chi connectivity index (χ0) is 25.3. The zero-order valence-electron chi connectivity index (χ0n) is 17.9. The van der Waals surface area contributed by atoms with E-state index in [1.54, 1.807) is 25.1 Å². The SMILES string of the molecule is Cc1cn2nc(C(=O)OC(C(=O)Nc3ccc(Cl)c(C(F)(F)F)c3)c3ccccc3)cc2c(=O)[nH]1. The molecule has 2 aromatic carbocycles. The van der Waals surface area contributed by atoms with Gasteiger partial charge in [-0.25, -0.2) is 9.31 Å². The number of carbonyl (C=O) groups is 2. The van der Waals surface area contributed by atoms with Crippen molar-refractivity contribution >= 4 is 34.7 Å². The van der Waals surface area contributed by atoms with E-state index in [0.717, 1.165) is 6.07 Å². The minimum atomic E-state index is -4.73. The van der Waals surface area contributed by atoms with Crippen molar-refractivity contribution in [3.8, 4) is 0 Å². The van der Waals surface area contributed by atoms with Crippen LogP contribution in [-0.2, 0) is 15.7 Å². The van der Waals surface area contributed by atoms with E-state index in [4.69, 9.17) is 16.3 Å². The third-order valence-electron chi connectivity index (χ3n) is 4.91. The second kappa shape index (κ2) is 9.26. The van der Waals surface area contributed by atoms with Crippen LogP contribution in [0.25, 0.3) is 5.52 Å². The first-order chi connectivity index (χ1) is 16.5. The summed E-state index contributed by atoms with van der Waals surface area (Å²) < 4.78 is 46.2. The van der Waals surface area contributed by atoms with Crippen molar-refractivity contribution in [2.24, 2.45) is 0 Å². The van der Waals surface area contributed by atoms with Crippen LogP contribution in [0.4, 0.5) is 18.9 Å². The number of H-pyrrole nitrogens is 1. The molecule has 0 spiro atoms. The number of amides is 1. The molecule has 2 aromatic heterocycles. The molecule has 0 radical (unpaired) electrons. The van der Waals surface area contributed by atoms with Gasteiger partial charge in [-0.2, -0.15) is 18.3 Å². The van der Waals surface area contributed by atoms with Gasteiger partial charge < -0.3 is 15.0 Å². The Bertz CT molecular complexity index is 1480. The summed E-state index contributed by atoms with van der Waals surface area (Å²) in [7, 11) is 0. The van der Waals surface area contributed by atoms with E-state index >= 15 is 0 Å². The van der Waals surface area contributed by atoms with Gasteiger partial charge in [-0.1, -0.05) is 41.9 Å². The van der Waals surface area contributed by atoms with Crippen LogP contribution in [-0.4, -0.2) is 26.5 Å². The van der Waals surface area contributed by atoms with Crippen LogP contribution in [0.15, 0.2) is 65.6 Å². The molecule has 35 heavy (non-hydrogen) atoms. The lowest BCUT2D eigenvalue weighted by Crippen LogP contribution is -2.26. The molecule has 0 saturated heterocycles. The van der Waals surface area contributed by atoms with Crippen molar-refractivity contribution in [1.29, 1.82) is 0 Å². The maximum atomic E-state index is 13.2. The van der Waals surface area contributed by atoms with Crippen molar-refractivity contribution < 1.29 is 27.5 Å². The van der Waals surface area contributed by atoms with Crippen LogP contribution >= 0.6 is 11.6 Å². The third-order valence-corrected chi connectivity index (χ3v) is 5.24. The summed E-state index contributed by atoms with van der Waals surface area (Å²) in [6.07, 6.45) is -4.77. The number of hydrogen-bond acceptors (Lipinski definition) is 5. The van der Waals surface area contributed by atoms with E-state index in [2.05, 4.69) is 15.4 Å². The van der Waals surface area contributed by atoms with Gasteiger partial charge in [-0.3, -0.25) is 9.59 Å². The summed E-state index contributed by atoms with van der Waals surface area (Å²) in [5.74, 6) is -1.92. The number of esters is 1. The molecule has 2 N–H and O–H groups in total. The van der Waals surface area contributed by atoms with Gasteiger partial charge in [0.15, 0.2) is 5.69 Å². The Labute approximate surface area is 200 Å². The number of halogens is 4. The molecule has 0 bridgehead atoms. The fourth-order valence-electron chi connectivity index (χ4n) is 3.32. The molecule has 0 aliphatic rings. The molecule has 2 heterocycles. The minimum Gasteiger partial charge on any atom is -0.442 e. The highest BCUT2D eigenvalue weighted by molar-refractivity contribution is 6.31. The predicted octanol–water partition coefficient (Wildman–Crippen LogP) is 4.54. The molecule has 8 nitrogen and oxygen atoms in total. The quantitative estimate of drug-likeness (QED) is 0.388. The number of nitrogens with one attached hydrogen (secondary N) is 2. The highest BCUT2D eigenvalue weighted by Crippen LogP contribution is 2.36. The Hall–Kier alpha value is -4.12. The van der Waals surface area contributed by atoms with Gasteiger partial charge in [0.05, 0.1) is 10.6 Å². The van der Waals surface area contributed by atoms with E-state index in [9.17, 15) is 27.6 Å². The van der Waals surface area contributed by atoms with E-state index in [1.165, 1.54) is 35.0 Å². The first-order valence-electron chi connectivity index (χ1n) is 10.1. The number of hydrogen-bond donors (Lipinski definition) is 2. The molecular formula is C23H16ClF3N4O4. The first-order valence-corrected chi connectivity index (χ1v) is 10.4. The Kier molecular flexibility index (Phi) is 6.35. The lowest BCUT2D eigenvalue weighted by Gasteiger charge is -2.18. The number of carbonyl (C=O) groups excluding carboxylic acids is 2. The lowest BCUT2D eigenvalue weighted by atomic mass is 10.1. The number of nitrogens with zero attached hydrogens (tertiary/aromatic N) is 2. The summed E-state index contributed by atoms with van der Waals surface area (Å²) in [4.78, 5) is 40.5. The minimum absolute atomic E-state index is 0.0871. The average Bonchev–Trinajstić information content (AvgIpc) is 3.23. The van der Waals surface area contributed by atoms with Gasteiger partial charge in [0.25, 0.3) is 11.5 Å². The number of benzene rings is 2. The summed E-state index contributed by atoms with van der Waals surface area (Å²) in [5, 5.41) is 5.82. The first kappa shape index (κ1) is 24.0. The standard InChI is InChI=1S/C23H16ClF3N4O4/c1-12-11-31-18(20(32)28-12)10-17(30-31)22(34)35-19(13-5-3-2-4-6-13)21(33)29-14-7-8-16(24)15(9-14)23(25,26)27/h2-11,19H,1H3,(H,28,32)(H,29,33). The second-order valence-electron chi connectivity index (χ2n) is 7.50. The molecule has 1 amide bonds. The molecule has 0 aliphatic heterocycles. The van der Waals surface area contributed by atoms with Crippen LogP contribution < -0.4 is 10.9 Å². The average molecular weight is 505 g/mol. The van der Waals surface area contributed by atoms with Gasteiger partial charge >= 0.3 is 12.1 Å². The fourth-order valence-corrected chi connectivity index (χ4v) is 3.54. The van der Waals surface area contributed by atoms with Crippen LogP contribution in [0.2, 0.25) is 5.02 Å². The van der Waals surface area contributed by atoms with Gasteiger partial charge in [-0.05, 0) is 25.1 Å². The smallest absolute Gasteiger partial charge is 0.417 e. The number of rotatable bonds is 5. The van der Waals surface area contributed by atoms with Gasteiger partial charge in [0, 0.05) is 29.2 Å². The normalized spacial score (nSPS) is 12.4.